The molecule has 11 heteroatoms. The van der Waals surface area contributed by atoms with E-state index in [2.05, 4.69) is 50.9 Å². The van der Waals surface area contributed by atoms with Crippen molar-refractivity contribution in [1.29, 1.82) is 0 Å². The maximum Gasteiger partial charge on any atom is 0.407 e. The number of ether oxygens (including phenoxy) is 2. The van der Waals surface area contributed by atoms with Gasteiger partial charge in [0.25, 0.3) is 0 Å². The maximum atomic E-state index is 13.6. The molecule has 1 unspecified atom stereocenters. The third kappa shape index (κ3) is 8.00. The first-order chi connectivity index (χ1) is 21.1. The van der Waals surface area contributed by atoms with Crippen LogP contribution < -0.4 is 21.1 Å². The first-order valence-corrected chi connectivity index (χ1v) is 14.8. The van der Waals surface area contributed by atoms with Crippen LogP contribution >= 0.6 is 0 Å². The van der Waals surface area contributed by atoms with Gasteiger partial charge in [-0.2, -0.15) is 0 Å². The van der Waals surface area contributed by atoms with E-state index in [1.807, 2.05) is 32.0 Å². The first-order valence-electron chi connectivity index (χ1n) is 14.8. The summed E-state index contributed by atoms with van der Waals surface area (Å²) >= 11 is 0. The van der Waals surface area contributed by atoms with Gasteiger partial charge >= 0.3 is 6.09 Å². The summed E-state index contributed by atoms with van der Waals surface area (Å²) in [5.41, 5.74) is 5.98. The molecule has 2 amide bonds. The van der Waals surface area contributed by atoms with Gasteiger partial charge in [-0.1, -0.05) is 44.5 Å². The standard InChI is InChI=1S/C33H41N7O4/c1-22(2)28(38-32(42)43-5)31(41)40-20-12-17-27(40)29(34)39-33(4,23(3)44-25-14-7-6-8-15-25)18-10-9-13-24-21-36-30(37-24)26-16-11-19-35-26/h6-8,14-15,21-22,26-28,35H,3,11-12,16-17,19-20H2,1-2,4-5H3,(H2,34,39)(H,36,37)(H,38,42)/t26-,27-,28-,33?/m0/s1. The Bertz CT molecular complexity index is 1490. The van der Waals surface area contributed by atoms with E-state index in [-0.39, 0.29) is 29.5 Å². The molecule has 1 aromatic heterocycles. The highest BCUT2D eigenvalue weighted by Gasteiger charge is 2.38. The van der Waals surface area contributed by atoms with Crippen LogP contribution in [0.25, 0.3) is 0 Å². The molecular weight excluding hydrogens is 558 g/mol. The Morgan fingerprint density at radius 2 is 2.00 bits per heavy atom. The number of aromatic amines is 1. The highest BCUT2D eigenvalue weighted by Crippen LogP contribution is 2.27. The number of para-hydroxylation sites is 1. The van der Waals surface area contributed by atoms with Gasteiger partial charge in [0.15, 0.2) is 5.54 Å². The molecule has 4 rings (SSSR count). The SMILES string of the molecule is C=C(Oc1ccccc1)C(C)(C#CC#Cc1cnc([C@@H]2CCCN2)[nH]1)/N=C(\N)[C@@H]1CCCN1C(=O)[C@@H](NC(=O)OC)C(C)C. The first kappa shape index (κ1) is 32.2. The van der Waals surface area contributed by atoms with Crippen LogP contribution in [0, 0.1) is 29.6 Å². The van der Waals surface area contributed by atoms with E-state index in [4.69, 9.17) is 20.2 Å². The quantitative estimate of drug-likeness (QED) is 0.150. The minimum absolute atomic E-state index is 0.171. The van der Waals surface area contributed by atoms with Crippen LogP contribution in [0.2, 0.25) is 0 Å². The zero-order valence-electron chi connectivity index (χ0n) is 25.8. The Morgan fingerprint density at radius 1 is 1.23 bits per heavy atom. The predicted octanol–water partition coefficient (Wildman–Crippen LogP) is 3.27. The molecule has 11 nitrogen and oxygen atoms in total. The number of nitrogens with two attached hydrogens (primary N) is 1. The van der Waals surface area contributed by atoms with E-state index in [0.29, 0.717) is 24.4 Å². The van der Waals surface area contributed by atoms with Gasteiger partial charge in [0.2, 0.25) is 5.91 Å². The van der Waals surface area contributed by atoms with Crippen molar-refractivity contribution >= 4 is 17.8 Å². The van der Waals surface area contributed by atoms with Crippen LogP contribution in [0.1, 0.15) is 64.0 Å². The number of carbonyl (C=O) groups is 2. The zero-order chi connectivity index (χ0) is 31.7. The van der Waals surface area contributed by atoms with Crippen molar-refractivity contribution in [2.75, 3.05) is 20.2 Å². The molecule has 4 atom stereocenters. The summed E-state index contributed by atoms with van der Waals surface area (Å²) in [6.07, 6.45) is 4.51. The Labute approximate surface area is 259 Å². The maximum absolute atomic E-state index is 13.6. The second kappa shape index (κ2) is 14.6. The lowest BCUT2D eigenvalue weighted by Gasteiger charge is -2.31. The van der Waals surface area contributed by atoms with E-state index in [0.717, 1.165) is 31.6 Å². The van der Waals surface area contributed by atoms with Crippen molar-refractivity contribution in [2.45, 2.75) is 70.1 Å². The van der Waals surface area contributed by atoms with Crippen LogP contribution in [0.5, 0.6) is 5.75 Å². The molecule has 44 heavy (non-hydrogen) atoms. The number of carbonyl (C=O) groups excluding carboxylic acids is 2. The van der Waals surface area contributed by atoms with Crippen LogP contribution in [0.15, 0.2) is 53.9 Å². The summed E-state index contributed by atoms with van der Waals surface area (Å²) in [4.78, 5) is 39.7. The zero-order valence-corrected chi connectivity index (χ0v) is 25.8. The highest BCUT2D eigenvalue weighted by atomic mass is 16.5. The average Bonchev–Trinajstić information content (AvgIpc) is 3.80. The van der Waals surface area contributed by atoms with Crippen molar-refractivity contribution in [2.24, 2.45) is 16.6 Å². The van der Waals surface area contributed by atoms with Crippen molar-refractivity contribution in [1.82, 2.24) is 25.5 Å². The molecule has 3 heterocycles. The molecule has 232 valence electrons. The summed E-state index contributed by atoms with van der Waals surface area (Å²) < 4.78 is 10.8. The van der Waals surface area contributed by atoms with Gasteiger partial charge in [-0.25, -0.2) is 14.8 Å². The number of hydrogen-bond donors (Lipinski definition) is 4. The third-order valence-corrected chi connectivity index (χ3v) is 7.70. The number of alkyl carbamates (subject to hydrolysis) is 1. The number of aliphatic imine (C=N–C) groups is 1. The van der Waals surface area contributed by atoms with Gasteiger partial charge in [-0.15, -0.1) is 0 Å². The second-order valence-electron chi connectivity index (χ2n) is 11.3. The lowest BCUT2D eigenvalue weighted by atomic mass is 10.0. The molecule has 0 spiro atoms. The molecule has 2 fully saturated rings. The minimum atomic E-state index is -1.29. The number of hydrogen-bond acceptors (Lipinski definition) is 7. The van der Waals surface area contributed by atoms with Crippen LogP contribution in [-0.2, 0) is 9.53 Å². The van der Waals surface area contributed by atoms with Crippen molar-refractivity contribution in [3.8, 4) is 29.4 Å². The molecule has 0 aliphatic carbocycles. The Balaban J connectivity index is 1.60. The van der Waals surface area contributed by atoms with Crippen molar-refractivity contribution in [3.63, 3.8) is 0 Å². The molecule has 2 saturated heterocycles. The lowest BCUT2D eigenvalue weighted by Crippen LogP contribution is -2.55. The summed E-state index contributed by atoms with van der Waals surface area (Å²) in [6.45, 7) is 11.0. The fourth-order valence-corrected chi connectivity index (χ4v) is 5.19. The lowest BCUT2D eigenvalue weighted by molar-refractivity contribution is -0.134. The van der Waals surface area contributed by atoms with E-state index in [9.17, 15) is 9.59 Å². The van der Waals surface area contributed by atoms with Gasteiger partial charge in [0, 0.05) is 6.54 Å². The average molecular weight is 600 g/mol. The number of nitrogens with one attached hydrogen (secondary N) is 3. The van der Waals surface area contributed by atoms with Crippen molar-refractivity contribution in [3.05, 3.63) is 60.4 Å². The van der Waals surface area contributed by atoms with Crippen LogP contribution in [0.4, 0.5) is 4.79 Å². The molecule has 5 N–H and O–H groups in total. The van der Waals surface area contributed by atoms with Crippen molar-refractivity contribution < 1.29 is 19.1 Å². The molecule has 0 radical (unpaired) electrons. The minimum Gasteiger partial charge on any atom is -0.459 e. The van der Waals surface area contributed by atoms with E-state index < -0.39 is 23.7 Å². The number of imidazole rings is 1. The Kier molecular flexibility index (Phi) is 10.7. The normalized spacial score (nSPS) is 20.0. The van der Waals surface area contributed by atoms with Crippen LogP contribution in [-0.4, -0.2) is 70.5 Å². The Hall–Kier alpha value is -4.74. The predicted molar refractivity (Wildman–Crippen MR) is 168 cm³/mol. The van der Waals surface area contributed by atoms with Gasteiger partial charge in [0.1, 0.15) is 34.9 Å². The number of benzene rings is 1. The monoisotopic (exact) mass is 599 g/mol. The number of rotatable bonds is 9. The fraction of sp³-hybridized carbons (Fsp3) is 0.455. The van der Waals surface area contributed by atoms with Gasteiger partial charge in [-0.05, 0) is 75.0 Å². The van der Waals surface area contributed by atoms with E-state index >= 15 is 0 Å². The van der Waals surface area contributed by atoms with Gasteiger partial charge < -0.3 is 35.7 Å². The smallest absolute Gasteiger partial charge is 0.407 e. The Morgan fingerprint density at radius 3 is 2.68 bits per heavy atom. The number of likely N-dealkylation sites (tertiary alicyclic amines) is 1. The van der Waals surface area contributed by atoms with Gasteiger partial charge in [0.05, 0.1) is 25.4 Å². The summed E-state index contributed by atoms with van der Waals surface area (Å²) in [6, 6.07) is 8.14. The molecular formula is C33H41N7O4. The van der Waals surface area contributed by atoms with Crippen LogP contribution in [0.3, 0.4) is 0 Å². The van der Waals surface area contributed by atoms with E-state index in [1.54, 1.807) is 30.2 Å². The second-order valence-corrected chi connectivity index (χ2v) is 11.3. The molecule has 2 aliphatic rings. The highest BCUT2D eigenvalue weighted by molar-refractivity contribution is 5.94. The molecule has 2 aromatic rings. The number of methoxy groups -OCH3 is 1. The number of aromatic nitrogens is 2. The number of H-pyrrole nitrogens is 1. The molecule has 1 aromatic carbocycles. The largest absolute Gasteiger partial charge is 0.459 e. The molecule has 2 aliphatic heterocycles. The number of amidine groups is 1. The topological polar surface area (TPSA) is 147 Å². The van der Waals surface area contributed by atoms with E-state index in [1.165, 1.54) is 7.11 Å². The molecule has 0 saturated carbocycles. The summed E-state index contributed by atoms with van der Waals surface area (Å²) in [5, 5.41) is 6.06. The summed E-state index contributed by atoms with van der Waals surface area (Å²) in [5.74, 6) is 13.3. The number of amides is 2. The third-order valence-electron chi connectivity index (χ3n) is 7.70. The summed E-state index contributed by atoms with van der Waals surface area (Å²) in [7, 11) is 1.26. The van der Waals surface area contributed by atoms with Gasteiger partial charge in [-0.3, -0.25) is 4.79 Å². The number of nitrogens with zero attached hydrogens (tertiary/aromatic N) is 3. The fourth-order valence-electron chi connectivity index (χ4n) is 5.19. The molecule has 0 bridgehead atoms.